The van der Waals surface area contributed by atoms with Crippen LogP contribution in [0.2, 0.25) is 0 Å². The Kier molecular flexibility index (Phi) is 5.33. The van der Waals surface area contributed by atoms with Gasteiger partial charge in [-0.25, -0.2) is 4.99 Å². The first kappa shape index (κ1) is 20.5. The maximum atomic E-state index is 12.5. The zero-order valence-corrected chi connectivity index (χ0v) is 18.9. The third-order valence-corrected chi connectivity index (χ3v) is 6.26. The van der Waals surface area contributed by atoms with Gasteiger partial charge in [-0.15, -0.1) is 0 Å². The molecule has 154 valence electrons. The van der Waals surface area contributed by atoms with Crippen LogP contribution in [0.1, 0.15) is 45.7 Å². The van der Waals surface area contributed by atoms with Gasteiger partial charge in [-0.3, -0.25) is 4.79 Å². The Morgan fingerprint density at radius 2 is 1.87 bits per heavy atom. The van der Waals surface area contributed by atoms with Crippen LogP contribution in [0.5, 0.6) is 0 Å². The van der Waals surface area contributed by atoms with E-state index in [-0.39, 0.29) is 11.4 Å². The molecule has 1 saturated heterocycles. The minimum atomic E-state index is -0.107. The SMILES string of the molecule is CC1=CC(C)(C)N(C(C)C)c2ccc(/C=C3\SC(=Nc4ccccc4)NC3=O)cc21. The van der Waals surface area contributed by atoms with Gasteiger partial charge < -0.3 is 10.2 Å². The van der Waals surface area contributed by atoms with Crippen molar-refractivity contribution in [1.82, 2.24) is 5.32 Å². The molecule has 0 aliphatic carbocycles. The first-order chi connectivity index (χ1) is 14.2. The van der Waals surface area contributed by atoms with Crippen molar-refractivity contribution in [1.29, 1.82) is 0 Å². The van der Waals surface area contributed by atoms with Crippen molar-refractivity contribution < 1.29 is 4.79 Å². The van der Waals surface area contributed by atoms with Crippen LogP contribution in [0.4, 0.5) is 11.4 Å². The Hall–Kier alpha value is -2.79. The number of rotatable bonds is 3. The number of aliphatic imine (C=N–C) groups is 1. The highest BCUT2D eigenvalue weighted by atomic mass is 32.2. The molecule has 0 atom stereocenters. The lowest BCUT2D eigenvalue weighted by molar-refractivity contribution is -0.115. The summed E-state index contributed by atoms with van der Waals surface area (Å²) in [6.45, 7) is 11.1. The molecule has 2 aromatic rings. The number of amides is 1. The van der Waals surface area contributed by atoms with Crippen LogP contribution in [0.25, 0.3) is 11.6 Å². The van der Waals surface area contributed by atoms with Gasteiger partial charge in [-0.1, -0.05) is 30.3 Å². The quantitative estimate of drug-likeness (QED) is 0.624. The van der Waals surface area contributed by atoms with E-state index in [1.165, 1.54) is 28.6 Å². The summed E-state index contributed by atoms with van der Waals surface area (Å²) >= 11 is 1.38. The van der Waals surface area contributed by atoms with Crippen molar-refractivity contribution in [3.8, 4) is 0 Å². The maximum absolute atomic E-state index is 12.5. The topological polar surface area (TPSA) is 44.7 Å². The second-order valence-electron chi connectivity index (χ2n) is 8.54. The van der Waals surface area contributed by atoms with Gasteiger partial charge in [0.25, 0.3) is 5.91 Å². The standard InChI is InChI=1S/C25H27N3OS/c1-16(2)28-21-12-11-18(13-20(21)17(3)15-25(28,4)5)14-22-23(29)27-24(30-22)26-19-9-7-6-8-10-19/h6-16H,1-5H3,(H,26,27,29)/b22-14-. The number of fused-ring (bicyclic) bond motifs is 1. The number of hydrogen-bond acceptors (Lipinski definition) is 4. The first-order valence-electron chi connectivity index (χ1n) is 10.2. The molecule has 2 aromatic carbocycles. The molecular weight excluding hydrogens is 390 g/mol. The van der Waals surface area contributed by atoms with E-state index in [9.17, 15) is 4.79 Å². The van der Waals surface area contributed by atoms with E-state index in [0.29, 0.717) is 16.1 Å². The molecule has 1 amide bonds. The Balaban J connectivity index is 1.65. The summed E-state index contributed by atoms with van der Waals surface area (Å²) in [7, 11) is 0. The molecule has 0 radical (unpaired) electrons. The van der Waals surface area contributed by atoms with Gasteiger partial charge in [0.1, 0.15) is 0 Å². The van der Waals surface area contributed by atoms with E-state index >= 15 is 0 Å². The second kappa shape index (κ2) is 7.80. The zero-order chi connectivity index (χ0) is 21.5. The van der Waals surface area contributed by atoms with Crippen molar-refractivity contribution in [2.24, 2.45) is 4.99 Å². The Bertz CT molecular complexity index is 1080. The summed E-state index contributed by atoms with van der Waals surface area (Å²) in [6, 6.07) is 16.5. The monoisotopic (exact) mass is 417 g/mol. The molecule has 1 N–H and O–H groups in total. The van der Waals surface area contributed by atoms with Crippen LogP contribution >= 0.6 is 11.8 Å². The van der Waals surface area contributed by atoms with E-state index < -0.39 is 0 Å². The van der Waals surface area contributed by atoms with E-state index in [1.54, 1.807) is 0 Å². The normalized spacial score (nSPS) is 20.5. The smallest absolute Gasteiger partial charge is 0.264 e. The fraction of sp³-hybridized carbons (Fsp3) is 0.280. The Morgan fingerprint density at radius 3 is 2.57 bits per heavy atom. The molecule has 4 rings (SSSR count). The summed E-state index contributed by atoms with van der Waals surface area (Å²) in [5.74, 6) is -0.107. The number of thioether (sulfide) groups is 1. The highest BCUT2D eigenvalue weighted by Gasteiger charge is 2.33. The van der Waals surface area contributed by atoms with Crippen molar-refractivity contribution in [3.05, 3.63) is 70.6 Å². The van der Waals surface area contributed by atoms with Crippen LogP contribution in [0, 0.1) is 0 Å². The van der Waals surface area contributed by atoms with Crippen LogP contribution in [-0.4, -0.2) is 22.7 Å². The van der Waals surface area contributed by atoms with E-state index in [0.717, 1.165) is 11.3 Å². The Labute approximate surface area is 182 Å². The molecule has 4 nitrogen and oxygen atoms in total. The molecule has 1 fully saturated rings. The van der Waals surface area contributed by atoms with Gasteiger partial charge in [-0.05, 0) is 87.9 Å². The largest absolute Gasteiger partial charge is 0.360 e. The van der Waals surface area contributed by atoms with Gasteiger partial charge in [0.05, 0.1) is 16.1 Å². The third-order valence-electron chi connectivity index (χ3n) is 5.35. The molecule has 2 heterocycles. The molecule has 2 aliphatic heterocycles. The summed E-state index contributed by atoms with van der Waals surface area (Å²) < 4.78 is 0. The van der Waals surface area contributed by atoms with Gasteiger partial charge >= 0.3 is 0 Å². The van der Waals surface area contributed by atoms with Gasteiger partial charge in [0, 0.05) is 17.3 Å². The number of nitrogens with one attached hydrogen (secondary N) is 1. The van der Waals surface area contributed by atoms with Crippen LogP contribution in [-0.2, 0) is 4.79 Å². The fourth-order valence-corrected chi connectivity index (χ4v) is 5.19. The predicted molar refractivity (Wildman–Crippen MR) is 129 cm³/mol. The highest BCUT2D eigenvalue weighted by molar-refractivity contribution is 8.18. The minimum Gasteiger partial charge on any atom is -0.360 e. The number of benzene rings is 2. The molecule has 5 heteroatoms. The van der Waals surface area contributed by atoms with E-state index in [2.05, 4.69) is 74.1 Å². The molecular formula is C25H27N3OS. The number of amidine groups is 1. The van der Waals surface area contributed by atoms with Crippen LogP contribution in [0.15, 0.2) is 64.5 Å². The van der Waals surface area contributed by atoms with Crippen molar-refractivity contribution in [2.45, 2.75) is 46.2 Å². The number of carbonyl (C=O) groups excluding carboxylic acids is 1. The summed E-state index contributed by atoms with van der Waals surface area (Å²) in [5.41, 5.74) is 5.54. The van der Waals surface area contributed by atoms with E-state index in [4.69, 9.17) is 0 Å². The number of hydrogen-bond donors (Lipinski definition) is 1. The van der Waals surface area contributed by atoms with Crippen LogP contribution in [0.3, 0.4) is 0 Å². The number of carbonyl (C=O) groups is 1. The molecule has 30 heavy (non-hydrogen) atoms. The fourth-order valence-electron chi connectivity index (χ4n) is 4.35. The summed E-state index contributed by atoms with van der Waals surface area (Å²) in [5, 5.41) is 3.47. The lowest BCUT2D eigenvalue weighted by atomic mass is 9.87. The van der Waals surface area contributed by atoms with Gasteiger partial charge in [0.2, 0.25) is 0 Å². The molecule has 2 aliphatic rings. The average molecular weight is 418 g/mol. The van der Waals surface area contributed by atoms with Crippen molar-refractivity contribution in [2.75, 3.05) is 4.90 Å². The lowest BCUT2D eigenvalue weighted by Gasteiger charge is -2.46. The minimum absolute atomic E-state index is 0.0325. The van der Waals surface area contributed by atoms with Crippen molar-refractivity contribution in [3.63, 3.8) is 0 Å². The molecule has 0 unspecified atom stereocenters. The third kappa shape index (κ3) is 3.94. The number of nitrogens with zero attached hydrogens (tertiary/aromatic N) is 2. The predicted octanol–water partition coefficient (Wildman–Crippen LogP) is 5.99. The van der Waals surface area contributed by atoms with E-state index in [1.807, 2.05) is 36.4 Å². The zero-order valence-electron chi connectivity index (χ0n) is 18.1. The molecule has 0 saturated carbocycles. The molecule has 0 aromatic heterocycles. The average Bonchev–Trinajstić information content (AvgIpc) is 3.01. The summed E-state index contributed by atoms with van der Waals surface area (Å²) in [4.78, 5) is 20.1. The molecule has 0 bridgehead atoms. The first-order valence-corrected chi connectivity index (χ1v) is 11.0. The second-order valence-corrected chi connectivity index (χ2v) is 9.57. The maximum Gasteiger partial charge on any atom is 0.264 e. The van der Waals surface area contributed by atoms with Crippen LogP contribution < -0.4 is 10.2 Å². The van der Waals surface area contributed by atoms with Crippen molar-refractivity contribution >= 4 is 45.9 Å². The van der Waals surface area contributed by atoms with Gasteiger partial charge in [-0.2, -0.15) is 0 Å². The number of para-hydroxylation sites is 1. The number of allylic oxidation sites excluding steroid dienone is 1. The highest BCUT2D eigenvalue weighted by Crippen LogP contribution is 2.41. The molecule has 0 spiro atoms. The lowest BCUT2D eigenvalue weighted by Crippen LogP contribution is -2.49. The summed E-state index contributed by atoms with van der Waals surface area (Å²) in [6.07, 6.45) is 4.27. The number of anilines is 1. The Morgan fingerprint density at radius 1 is 1.13 bits per heavy atom. The van der Waals surface area contributed by atoms with Gasteiger partial charge in [0.15, 0.2) is 5.17 Å².